The van der Waals surface area contributed by atoms with Crippen LogP contribution in [0.5, 0.6) is 0 Å². The zero-order valence-corrected chi connectivity index (χ0v) is 13.8. The smallest absolute Gasteiger partial charge is 0.257 e. The molecule has 8 nitrogen and oxygen atoms in total. The van der Waals surface area contributed by atoms with Gasteiger partial charge in [-0.25, -0.2) is 9.67 Å². The Morgan fingerprint density at radius 3 is 2.81 bits per heavy atom. The Bertz CT molecular complexity index is 1040. The molecule has 0 spiro atoms. The number of nitrogens with zero attached hydrogens (tertiary/aromatic N) is 5. The number of pyridine rings is 1. The van der Waals surface area contributed by atoms with Gasteiger partial charge >= 0.3 is 0 Å². The van der Waals surface area contributed by atoms with Crippen molar-refractivity contribution in [1.29, 1.82) is 0 Å². The summed E-state index contributed by atoms with van der Waals surface area (Å²) in [4.78, 5) is 17.1. The van der Waals surface area contributed by atoms with E-state index >= 15 is 0 Å². The van der Waals surface area contributed by atoms with Gasteiger partial charge in [0.15, 0.2) is 5.76 Å². The van der Waals surface area contributed by atoms with Gasteiger partial charge in [-0.15, -0.1) is 5.10 Å². The fourth-order valence-corrected chi connectivity index (χ4v) is 2.57. The first kappa shape index (κ1) is 15.7. The summed E-state index contributed by atoms with van der Waals surface area (Å²) in [6.07, 6.45) is 3.08. The summed E-state index contributed by atoms with van der Waals surface area (Å²) in [6, 6.07) is 14.4. The summed E-state index contributed by atoms with van der Waals surface area (Å²) in [6.45, 7) is 1.79. The average molecular weight is 346 g/mol. The lowest BCUT2D eigenvalue weighted by atomic mass is 10.1. The van der Waals surface area contributed by atoms with Crippen LogP contribution in [0.15, 0.2) is 65.5 Å². The van der Waals surface area contributed by atoms with Crippen molar-refractivity contribution in [2.45, 2.75) is 6.92 Å². The van der Waals surface area contributed by atoms with Crippen molar-refractivity contribution in [2.75, 3.05) is 5.32 Å². The van der Waals surface area contributed by atoms with Crippen molar-refractivity contribution in [3.05, 3.63) is 72.4 Å². The highest BCUT2D eigenvalue weighted by molar-refractivity contribution is 6.05. The van der Waals surface area contributed by atoms with Crippen LogP contribution in [0.1, 0.15) is 16.1 Å². The Morgan fingerprint density at radius 1 is 1.15 bits per heavy atom. The second-order valence-corrected chi connectivity index (χ2v) is 5.57. The first-order valence-electron chi connectivity index (χ1n) is 7.87. The van der Waals surface area contributed by atoms with Crippen LogP contribution >= 0.6 is 0 Å². The third-order valence-electron chi connectivity index (χ3n) is 3.82. The Balaban J connectivity index is 1.56. The van der Waals surface area contributed by atoms with Gasteiger partial charge in [0, 0.05) is 5.69 Å². The molecule has 0 bridgehead atoms. The summed E-state index contributed by atoms with van der Waals surface area (Å²) < 4.78 is 6.85. The molecule has 0 aliphatic carbocycles. The van der Waals surface area contributed by atoms with E-state index in [1.54, 1.807) is 43.5 Å². The van der Waals surface area contributed by atoms with Crippen LogP contribution in [0.4, 0.5) is 5.69 Å². The number of nitrogens with one attached hydrogen (secondary N) is 1. The maximum atomic E-state index is 12.6. The molecule has 0 saturated heterocycles. The molecule has 0 fully saturated rings. The largest absolute Gasteiger partial charge is 0.463 e. The highest BCUT2D eigenvalue weighted by Gasteiger charge is 2.13. The number of anilines is 1. The number of rotatable bonds is 4. The highest BCUT2D eigenvalue weighted by Crippen LogP contribution is 2.20. The fraction of sp³-hybridized carbons (Fsp3) is 0.0556. The molecule has 1 N–H and O–H groups in total. The van der Waals surface area contributed by atoms with Gasteiger partial charge in [0.05, 0.1) is 23.2 Å². The van der Waals surface area contributed by atoms with E-state index in [1.165, 1.54) is 11.0 Å². The minimum Gasteiger partial charge on any atom is -0.463 e. The highest BCUT2D eigenvalue weighted by atomic mass is 16.3. The minimum atomic E-state index is -0.241. The molecule has 0 saturated carbocycles. The molecular formula is C18H14N6O2. The SMILES string of the molecule is Cc1nc(-c2ccco2)ccc1C(=O)Nc1cccc(-n2cnnn2)c1. The van der Waals surface area contributed by atoms with Crippen molar-refractivity contribution in [3.63, 3.8) is 0 Å². The van der Waals surface area contributed by atoms with Crippen LogP contribution in [0.2, 0.25) is 0 Å². The maximum absolute atomic E-state index is 12.6. The van der Waals surface area contributed by atoms with Gasteiger partial charge in [-0.2, -0.15) is 0 Å². The third kappa shape index (κ3) is 3.07. The van der Waals surface area contributed by atoms with Gasteiger partial charge < -0.3 is 9.73 Å². The van der Waals surface area contributed by atoms with E-state index in [4.69, 9.17) is 4.42 Å². The molecule has 4 rings (SSSR count). The number of carbonyl (C=O) groups excluding carboxylic acids is 1. The van der Waals surface area contributed by atoms with Gasteiger partial charge in [0.1, 0.15) is 12.0 Å². The van der Waals surface area contributed by atoms with Crippen molar-refractivity contribution in [2.24, 2.45) is 0 Å². The molecule has 0 atom stereocenters. The first-order valence-corrected chi connectivity index (χ1v) is 7.87. The van der Waals surface area contributed by atoms with E-state index < -0.39 is 0 Å². The predicted molar refractivity (Wildman–Crippen MR) is 93.8 cm³/mol. The standard InChI is InChI=1S/C18H14N6O2/c1-12-15(7-8-16(20-12)17-6-3-9-26-17)18(25)21-13-4-2-5-14(10-13)24-11-19-22-23-24/h2-11H,1H3,(H,21,25). The lowest BCUT2D eigenvalue weighted by Crippen LogP contribution is -2.14. The van der Waals surface area contributed by atoms with Crippen molar-refractivity contribution in [1.82, 2.24) is 25.2 Å². The molecule has 128 valence electrons. The van der Waals surface area contributed by atoms with Crippen molar-refractivity contribution >= 4 is 11.6 Å². The normalized spacial score (nSPS) is 10.7. The van der Waals surface area contributed by atoms with Crippen LogP contribution < -0.4 is 5.32 Å². The second kappa shape index (κ2) is 6.60. The minimum absolute atomic E-state index is 0.241. The molecule has 0 radical (unpaired) electrons. The number of hydrogen-bond acceptors (Lipinski definition) is 6. The van der Waals surface area contributed by atoms with Crippen LogP contribution in [-0.2, 0) is 0 Å². The van der Waals surface area contributed by atoms with Gasteiger partial charge in [-0.05, 0) is 59.8 Å². The summed E-state index contributed by atoms with van der Waals surface area (Å²) in [5, 5.41) is 13.9. The summed E-state index contributed by atoms with van der Waals surface area (Å²) in [5.41, 5.74) is 3.18. The fourth-order valence-electron chi connectivity index (χ4n) is 2.57. The molecule has 3 aromatic heterocycles. The molecule has 1 amide bonds. The maximum Gasteiger partial charge on any atom is 0.257 e. The summed E-state index contributed by atoms with van der Waals surface area (Å²) >= 11 is 0. The molecule has 26 heavy (non-hydrogen) atoms. The van der Waals surface area contributed by atoms with Crippen LogP contribution in [-0.4, -0.2) is 31.1 Å². The summed E-state index contributed by atoms with van der Waals surface area (Å²) in [7, 11) is 0. The molecular weight excluding hydrogens is 332 g/mol. The van der Waals surface area contributed by atoms with E-state index in [9.17, 15) is 4.79 Å². The Hall–Kier alpha value is -3.81. The number of benzene rings is 1. The number of hydrogen-bond donors (Lipinski definition) is 1. The molecule has 8 heteroatoms. The lowest BCUT2D eigenvalue weighted by Gasteiger charge is -2.09. The average Bonchev–Trinajstić information content (AvgIpc) is 3.36. The van der Waals surface area contributed by atoms with E-state index in [-0.39, 0.29) is 5.91 Å². The Morgan fingerprint density at radius 2 is 2.08 bits per heavy atom. The topological polar surface area (TPSA) is 98.7 Å². The third-order valence-corrected chi connectivity index (χ3v) is 3.82. The molecule has 3 heterocycles. The Labute approximate surface area is 148 Å². The number of carbonyl (C=O) groups is 1. The number of tetrazole rings is 1. The molecule has 4 aromatic rings. The Kier molecular flexibility index (Phi) is 3.98. The van der Waals surface area contributed by atoms with Crippen molar-refractivity contribution in [3.8, 4) is 17.1 Å². The molecule has 0 aliphatic rings. The summed E-state index contributed by atoms with van der Waals surface area (Å²) in [5.74, 6) is 0.420. The number of amides is 1. The van der Waals surface area contributed by atoms with E-state index in [0.29, 0.717) is 28.4 Å². The number of aromatic nitrogens is 5. The van der Waals surface area contributed by atoms with Gasteiger partial charge in [-0.3, -0.25) is 4.79 Å². The van der Waals surface area contributed by atoms with Crippen LogP contribution in [0.25, 0.3) is 17.1 Å². The van der Waals surface area contributed by atoms with Crippen LogP contribution in [0.3, 0.4) is 0 Å². The predicted octanol–water partition coefficient (Wildman–Crippen LogP) is 2.88. The first-order chi connectivity index (χ1) is 12.7. The molecule has 1 aromatic carbocycles. The van der Waals surface area contributed by atoms with E-state index in [2.05, 4.69) is 25.8 Å². The molecule has 0 unspecified atom stereocenters. The molecule has 0 aliphatic heterocycles. The van der Waals surface area contributed by atoms with Crippen molar-refractivity contribution < 1.29 is 9.21 Å². The number of furan rings is 1. The van der Waals surface area contributed by atoms with E-state index in [0.717, 1.165) is 5.69 Å². The number of aryl methyl sites for hydroxylation is 1. The zero-order chi connectivity index (χ0) is 17.9. The lowest BCUT2D eigenvalue weighted by molar-refractivity contribution is 0.102. The van der Waals surface area contributed by atoms with Gasteiger partial charge in [0.2, 0.25) is 0 Å². The monoisotopic (exact) mass is 346 g/mol. The zero-order valence-electron chi connectivity index (χ0n) is 13.8. The second-order valence-electron chi connectivity index (χ2n) is 5.57. The quantitative estimate of drug-likeness (QED) is 0.610. The van der Waals surface area contributed by atoms with E-state index in [1.807, 2.05) is 18.2 Å². The van der Waals surface area contributed by atoms with Crippen LogP contribution in [0, 0.1) is 6.92 Å². The van der Waals surface area contributed by atoms with Gasteiger partial charge in [0.25, 0.3) is 5.91 Å². The van der Waals surface area contributed by atoms with Gasteiger partial charge in [-0.1, -0.05) is 6.07 Å².